The molecule has 1 fully saturated rings. The van der Waals surface area contributed by atoms with Crippen LogP contribution in [0.15, 0.2) is 83.8 Å². The topological polar surface area (TPSA) is 75.4 Å². The predicted molar refractivity (Wildman–Crippen MR) is 129 cm³/mol. The summed E-state index contributed by atoms with van der Waals surface area (Å²) in [6.45, 7) is 1.41. The van der Waals surface area contributed by atoms with Crippen molar-refractivity contribution in [3.05, 3.63) is 95.6 Å². The van der Waals surface area contributed by atoms with Gasteiger partial charge in [-0.15, -0.1) is 11.8 Å². The maximum absolute atomic E-state index is 12.9. The Kier molecular flexibility index (Phi) is 7.24. The molecule has 0 aliphatic carbocycles. The lowest BCUT2D eigenvalue weighted by molar-refractivity contribution is -0.122. The number of carbonyl (C=O) groups excluding carboxylic acids is 2. The summed E-state index contributed by atoms with van der Waals surface area (Å²) < 4.78 is 0. The first-order chi connectivity index (χ1) is 15.6. The van der Waals surface area contributed by atoms with Crippen LogP contribution in [0.25, 0.3) is 0 Å². The summed E-state index contributed by atoms with van der Waals surface area (Å²) in [4.78, 5) is 27.8. The van der Waals surface area contributed by atoms with Crippen molar-refractivity contribution in [1.82, 2.24) is 4.90 Å². The van der Waals surface area contributed by atoms with Crippen LogP contribution < -0.4 is 11.1 Å². The molecule has 3 aromatic rings. The van der Waals surface area contributed by atoms with E-state index in [4.69, 9.17) is 5.73 Å². The molecule has 0 aromatic heterocycles. The average Bonchev–Trinajstić information content (AvgIpc) is 3.28. The summed E-state index contributed by atoms with van der Waals surface area (Å²) in [6, 6.07) is 25.5. The lowest BCUT2D eigenvalue weighted by Gasteiger charge is -2.23. The van der Waals surface area contributed by atoms with E-state index in [0.29, 0.717) is 12.1 Å². The van der Waals surface area contributed by atoms with Crippen molar-refractivity contribution in [3.8, 4) is 0 Å². The zero-order valence-corrected chi connectivity index (χ0v) is 18.7. The third kappa shape index (κ3) is 5.58. The van der Waals surface area contributed by atoms with Crippen molar-refractivity contribution >= 4 is 29.3 Å². The highest BCUT2D eigenvalue weighted by Crippen LogP contribution is 2.25. The van der Waals surface area contributed by atoms with E-state index in [1.54, 1.807) is 11.8 Å². The van der Waals surface area contributed by atoms with Crippen LogP contribution in [-0.4, -0.2) is 29.3 Å². The van der Waals surface area contributed by atoms with Gasteiger partial charge in [-0.2, -0.15) is 0 Å². The Bertz CT molecular complexity index is 1070. The molecule has 1 unspecified atom stereocenters. The molecule has 6 heteroatoms. The number of carbonyl (C=O) groups is 2. The Labute approximate surface area is 193 Å². The number of nitrogens with one attached hydrogen (secondary N) is 1. The van der Waals surface area contributed by atoms with E-state index in [-0.39, 0.29) is 17.9 Å². The Morgan fingerprint density at radius 1 is 0.969 bits per heavy atom. The number of likely N-dealkylation sites (tertiary alicyclic amines) is 1. The number of thioether (sulfide) groups is 1. The largest absolute Gasteiger partial charge is 0.368 e. The maximum Gasteiger partial charge on any atom is 0.255 e. The Morgan fingerprint density at radius 3 is 2.44 bits per heavy atom. The second kappa shape index (κ2) is 10.5. The summed E-state index contributed by atoms with van der Waals surface area (Å²) in [6.07, 6.45) is 1.75. The minimum absolute atomic E-state index is 0.148. The molecule has 0 spiro atoms. The SMILES string of the molecule is NC(=O)C1CCCN1Cc1ccccc1NC(=O)c1ccc(SCc2ccccc2)cc1. The summed E-state index contributed by atoms with van der Waals surface area (Å²) in [7, 11) is 0. The Morgan fingerprint density at radius 2 is 1.69 bits per heavy atom. The quantitative estimate of drug-likeness (QED) is 0.494. The molecule has 32 heavy (non-hydrogen) atoms. The number of para-hydroxylation sites is 1. The van der Waals surface area contributed by atoms with Crippen LogP contribution in [0.3, 0.4) is 0 Å². The van der Waals surface area contributed by atoms with E-state index in [1.807, 2.05) is 66.7 Å². The standard InChI is InChI=1S/C26H27N3O2S/c27-25(30)24-11-6-16-29(24)17-21-9-4-5-10-23(21)28-26(31)20-12-14-22(15-13-20)32-18-19-7-2-1-3-8-19/h1-5,7-10,12-15,24H,6,11,16-18H2,(H2,27,30)(H,28,31). The molecule has 0 saturated carbocycles. The van der Waals surface area contributed by atoms with E-state index >= 15 is 0 Å². The summed E-state index contributed by atoms with van der Waals surface area (Å²) in [5, 5.41) is 3.03. The zero-order chi connectivity index (χ0) is 22.3. The van der Waals surface area contributed by atoms with Gasteiger partial charge in [0.15, 0.2) is 0 Å². The Balaban J connectivity index is 1.39. The van der Waals surface area contributed by atoms with E-state index in [2.05, 4.69) is 22.3 Å². The highest BCUT2D eigenvalue weighted by atomic mass is 32.2. The number of hydrogen-bond acceptors (Lipinski definition) is 4. The first kappa shape index (κ1) is 22.1. The van der Waals surface area contributed by atoms with E-state index < -0.39 is 0 Å². The van der Waals surface area contributed by atoms with Crippen LogP contribution in [0.1, 0.15) is 34.3 Å². The predicted octanol–water partition coefficient (Wildman–Crippen LogP) is 4.68. The van der Waals surface area contributed by atoms with Crippen LogP contribution in [0.4, 0.5) is 5.69 Å². The lowest BCUT2D eigenvalue weighted by Crippen LogP contribution is -2.39. The number of benzene rings is 3. The van der Waals surface area contributed by atoms with Gasteiger partial charge in [-0.3, -0.25) is 14.5 Å². The number of nitrogens with zero attached hydrogens (tertiary/aromatic N) is 1. The highest BCUT2D eigenvalue weighted by Gasteiger charge is 2.29. The van der Waals surface area contributed by atoms with Gasteiger partial charge in [-0.05, 0) is 60.8 Å². The van der Waals surface area contributed by atoms with E-state index in [9.17, 15) is 9.59 Å². The maximum atomic E-state index is 12.9. The molecule has 1 aliphatic rings. The van der Waals surface area contributed by atoms with Gasteiger partial charge in [0.1, 0.15) is 0 Å². The minimum Gasteiger partial charge on any atom is -0.368 e. The van der Waals surface area contributed by atoms with Gasteiger partial charge in [0.25, 0.3) is 5.91 Å². The van der Waals surface area contributed by atoms with Crippen molar-refractivity contribution in [2.45, 2.75) is 36.1 Å². The van der Waals surface area contributed by atoms with Crippen LogP contribution in [0.2, 0.25) is 0 Å². The van der Waals surface area contributed by atoms with Gasteiger partial charge in [0.05, 0.1) is 6.04 Å². The minimum atomic E-state index is -0.283. The molecular weight excluding hydrogens is 418 g/mol. The normalized spacial score (nSPS) is 16.1. The van der Waals surface area contributed by atoms with Crippen molar-refractivity contribution < 1.29 is 9.59 Å². The molecule has 5 nitrogen and oxygen atoms in total. The molecule has 1 heterocycles. The summed E-state index contributed by atoms with van der Waals surface area (Å²) >= 11 is 1.75. The molecule has 0 radical (unpaired) electrons. The van der Waals surface area contributed by atoms with Crippen LogP contribution in [-0.2, 0) is 17.1 Å². The first-order valence-electron chi connectivity index (χ1n) is 10.8. The van der Waals surface area contributed by atoms with Crippen LogP contribution in [0, 0.1) is 0 Å². The van der Waals surface area contributed by atoms with Gasteiger partial charge in [0, 0.05) is 28.4 Å². The van der Waals surface area contributed by atoms with Crippen LogP contribution >= 0.6 is 11.8 Å². The van der Waals surface area contributed by atoms with Crippen molar-refractivity contribution in [3.63, 3.8) is 0 Å². The zero-order valence-electron chi connectivity index (χ0n) is 17.9. The molecule has 3 N–H and O–H groups in total. The third-order valence-electron chi connectivity index (χ3n) is 5.70. The molecule has 3 aromatic carbocycles. The number of hydrogen-bond donors (Lipinski definition) is 2. The van der Waals surface area contributed by atoms with Gasteiger partial charge >= 0.3 is 0 Å². The second-order valence-corrected chi connectivity index (χ2v) is 8.99. The summed E-state index contributed by atoms with van der Waals surface area (Å²) in [5.74, 6) is 0.460. The van der Waals surface area contributed by atoms with Gasteiger partial charge < -0.3 is 11.1 Å². The van der Waals surface area contributed by atoms with E-state index in [1.165, 1.54) is 5.56 Å². The molecular formula is C26H27N3O2S. The Hall–Kier alpha value is -3.09. The third-order valence-corrected chi connectivity index (χ3v) is 6.78. The summed E-state index contributed by atoms with van der Waals surface area (Å²) in [5.41, 5.74) is 9.17. The monoisotopic (exact) mass is 445 g/mol. The van der Waals surface area contributed by atoms with Gasteiger partial charge in [-0.25, -0.2) is 0 Å². The molecule has 1 atom stereocenters. The van der Waals surface area contributed by atoms with Crippen molar-refractivity contribution in [2.75, 3.05) is 11.9 Å². The molecule has 164 valence electrons. The smallest absolute Gasteiger partial charge is 0.255 e. The van der Waals surface area contributed by atoms with Crippen molar-refractivity contribution in [2.24, 2.45) is 5.73 Å². The second-order valence-electron chi connectivity index (χ2n) is 7.94. The molecule has 0 bridgehead atoms. The molecule has 4 rings (SSSR count). The molecule has 1 saturated heterocycles. The molecule has 1 aliphatic heterocycles. The molecule has 2 amide bonds. The first-order valence-corrected chi connectivity index (χ1v) is 11.8. The van der Waals surface area contributed by atoms with Gasteiger partial charge in [0.2, 0.25) is 5.91 Å². The number of rotatable bonds is 8. The van der Waals surface area contributed by atoms with Gasteiger partial charge in [-0.1, -0.05) is 48.5 Å². The number of amides is 2. The van der Waals surface area contributed by atoms with E-state index in [0.717, 1.165) is 41.3 Å². The fourth-order valence-electron chi connectivity index (χ4n) is 3.97. The lowest BCUT2D eigenvalue weighted by atomic mass is 10.1. The number of nitrogens with two attached hydrogens (primary N) is 1. The number of anilines is 1. The van der Waals surface area contributed by atoms with Crippen molar-refractivity contribution in [1.29, 1.82) is 0 Å². The highest BCUT2D eigenvalue weighted by molar-refractivity contribution is 7.98. The van der Waals surface area contributed by atoms with Crippen LogP contribution in [0.5, 0.6) is 0 Å². The average molecular weight is 446 g/mol. The fraction of sp³-hybridized carbons (Fsp3) is 0.231. The fourth-order valence-corrected chi connectivity index (χ4v) is 4.83. The number of primary amides is 1.